The van der Waals surface area contributed by atoms with Gasteiger partial charge in [0.05, 0.1) is 5.25 Å². The molecule has 0 radical (unpaired) electrons. The summed E-state index contributed by atoms with van der Waals surface area (Å²) in [5.41, 5.74) is 1.36. The van der Waals surface area contributed by atoms with Crippen molar-refractivity contribution in [2.45, 2.75) is 25.6 Å². The molecular weight excluding hydrogens is 252 g/mol. The van der Waals surface area contributed by atoms with Gasteiger partial charge in [-0.1, -0.05) is 12.1 Å². The second-order valence-electron chi connectivity index (χ2n) is 4.19. The molecule has 5 nitrogen and oxygen atoms in total. The number of carbonyl (C=O) groups is 1. The van der Waals surface area contributed by atoms with Gasteiger partial charge in [0.25, 0.3) is 5.91 Å². The second kappa shape index (κ2) is 5.97. The van der Waals surface area contributed by atoms with Crippen LogP contribution in [-0.4, -0.2) is 26.6 Å². The predicted octanol–water partition coefficient (Wildman–Crippen LogP) is 0.874. The van der Waals surface area contributed by atoms with E-state index < -0.39 is 15.3 Å². The van der Waals surface area contributed by atoms with Crippen molar-refractivity contribution in [2.75, 3.05) is 7.05 Å². The van der Waals surface area contributed by atoms with Crippen LogP contribution in [0.15, 0.2) is 24.3 Å². The lowest BCUT2D eigenvalue weighted by molar-refractivity contribution is 0.0963. The number of hydrogen-bond donors (Lipinski definition) is 2. The van der Waals surface area contributed by atoms with Crippen LogP contribution in [0.5, 0.6) is 0 Å². The zero-order valence-electron chi connectivity index (χ0n) is 10.7. The van der Waals surface area contributed by atoms with Crippen LogP contribution in [0, 0.1) is 0 Å². The number of carbonyl (C=O) groups excluding carboxylic acids is 1. The number of nitrogens with one attached hydrogen (secondary N) is 2. The lowest BCUT2D eigenvalue weighted by atomic mass is 10.1. The lowest BCUT2D eigenvalue weighted by Gasteiger charge is -2.09. The van der Waals surface area contributed by atoms with Crippen molar-refractivity contribution < 1.29 is 13.2 Å². The molecule has 100 valence electrons. The third-order valence-corrected chi connectivity index (χ3v) is 4.33. The van der Waals surface area contributed by atoms with E-state index in [0.717, 1.165) is 5.56 Å². The third kappa shape index (κ3) is 3.82. The molecule has 2 N–H and O–H groups in total. The third-order valence-electron chi connectivity index (χ3n) is 2.54. The van der Waals surface area contributed by atoms with Gasteiger partial charge in [0.1, 0.15) is 0 Å². The molecular formula is C12H18N2O3S. The van der Waals surface area contributed by atoms with E-state index in [2.05, 4.69) is 10.0 Å². The standard InChI is InChI=1S/C12H18N2O3S/c1-9(2)18(16,17)14-8-10-4-6-11(7-5-10)12(15)13-3/h4-7,9,14H,8H2,1-3H3,(H,13,15). The highest BCUT2D eigenvalue weighted by Crippen LogP contribution is 2.05. The summed E-state index contributed by atoms with van der Waals surface area (Å²) in [7, 11) is -1.69. The van der Waals surface area contributed by atoms with Crippen LogP contribution in [0.3, 0.4) is 0 Å². The molecule has 0 bridgehead atoms. The summed E-state index contributed by atoms with van der Waals surface area (Å²) in [5, 5.41) is 2.07. The molecule has 0 atom stereocenters. The molecule has 1 aromatic carbocycles. The molecule has 0 spiro atoms. The second-order valence-corrected chi connectivity index (χ2v) is 6.51. The Kier molecular flexibility index (Phi) is 4.86. The van der Waals surface area contributed by atoms with Crippen LogP contribution in [0.1, 0.15) is 29.8 Å². The lowest BCUT2D eigenvalue weighted by Crippen LogP contribution is -2.30. The van der Waals surface area contributed by atoms with Crippen molar-refractivity contribution in [1.82, 2.24) is 10.0 Å². The highest BCUT2D eigenvalue weighted by atomic mass is 32.2. The molecule has 0 aromatic heterocycles. The average molecular weight is 270 g/mol. The number of hydrogen-bond acceptors (Lipinski definition) is 3. The van der Waals surface area contributed by atoms with Gasteiger partial charge < -0.3 is 5.32 Å². The molecule has 0 aliphatic heterocycles. The summed E-state index contributed by atoms with van der Waals surface area (Å²) >= 11 is 0. The Morgan fingerprint density at radius 1 is 1.22 bits per heavy atom. The van der Waals surface area contributed by atoms with Crippen molar-refractivity contribution in [2.24, 2.45) is 0 Å². The zero-order valence-corrected chi connectivity index (χ0v) is 11.5. The minimum Gasteiger partial charge on any atom is -0.355 e. The highest BCUT2D eigenvalue weighted by Gasteiger charge is 2.14. The summed E-state index contributed by atoms with van der Waals surface area (Å²) in [6.07, 6.45) is 0. The van der Waals surface area contributed by atoms with Gasteiger partial charge in [-0.15, -0.1) is 0 Å². The quantitative estimate of drug-likeness (QED) is 0.833. The van der Waals surface area contributed by atoms with Crippen LogP contribution >= 0.6 is 0 Å². The Morgan fingerprint density at radius 3 is 2.22 bits per heavy atom. The van der Waals surface area contributed by atoms with Gasteiger partial charge in [0, 0.05) is 19.2 Å². The summed E-state index contributed by atoms with van der Waals surface area (Å²) in [6.45, 7) is 3.47. The first kappa shape index (κ1) is 14.7. The van der Waals surface area contributed by atoms with E-state index in [1.807, 2.05) is 0 Å². The first-order chi connectivity index (χ1) is 8.36. The maximum atomic E-state index is 11.5. The maximum Gasteiger partial charge on any atom is 0.251 e. The minimum absolute atomic E-state index is 0.163. The average Bonchev–Trinajstić information content (AvgIpc) is 2.36. The van der Waals surface area contributed by atoms with Gasteiger partial charge in [-0.3, -0.25) is 4.79 Å². The fourth-order valence-electron chi connectivity index (χ4n) is 1.27. The van der Waals surface area contributed by atoms with Gasteiger partial charge in [0.15, 0.2) is 0 Å². The fraction of sp³-hybridized carbons (Fsp3) is 0.417. The minimum atomic E-state index is -3.26. The molecule has 0 saturated carbocycles. The van der Waals surface area contributed by atoms with E-state index in [0.29, 0.717) is 5.56 Å². The van der Waals surface area contributed by atoms with Crippen LogP contribution < -0.4 is 10.0 Å². The molecule has 0 unspecified atom stereocenters. The summed E-state index contributed by atoms with van der Waals surface area (Å²) < 4.78 is 25.6. The topological polar surface area (TPSA) is 75.3 Å². The maximum absolute atomic E-state index is 11.5. The van der Waals surface area contributed by atoms with E-state index in [1.165, 1.54) is 0 Å². The van der Waals surface area contributed by atoms with Crippen LogP contribution in [-0.2, 0) is 16.6 Å². The van der Waals surface area contributed by atoms with Crippen molar-refractivity contribution >= 4 is 15.9 Å². The Morgan fingerprint density at radius 2 is 1.78 bits per heavy atom. The number of rotatable bonds is 5. The summed E-state index contributed by atoms with van der Waals surface area (Å²) in [5.74, 6) is -0.163. The first-order valence-electron chi connectivity index (χ1n) is 5.66. The monoisotopic (exact) mass is 270 g/mol. The van der Waals surface area contributed by atoms with Crippen LogP contribution in [0.2, 0.25) is 0 Å². The van der Waals surface area contributed by atoms with Crippen molar-refractivity contribution in [3.8, 4) is 0 Å². The molecule has 0 heterocycles. The largest absolute Gasteiger partial charge is 0.355 e. The van der Waals surface area contributed by atoms with Gasteiger partial charge in [0.2, 0.25) is 10.0 Å². The van der Waals surface area contributed by atoms with Gasteiger partial charge in [-0.2, -0.15) is 0 Å². The molecule has 0 saturated heterocycles. The van der Waals surface area contributed by atoms with Crippen LogP contribution in [0.4, 0.5) is 0 Å². The normalized spacial score (nSPS) is 11.6. The van der Waals surface area contributed by atoms with Crippen molar-refractivity contribution in [1.29, 1.82) is 0 Å². The number of amides is 1. The molecule has 18 heavy (non-hydrogen) atoms. The Bertz CT molecular complexity index is 507. The number of sulfonamides is 1. The van der Waals surface area contributed by atoms with Crippen molar-refractivity contribution in [3.63, 3.8) is 0 Å². The molecule has 0 aliphatic carbocycles. The molecule has 1 amide bonds. The first-order valence-corrected chi connectivity index (χ1v) is 7.21. The summed E-state index contributed by atoms with van der Waals surface area (Å²) in [6, 6.07) is 6.79. The van der Waals surface area contributed by atoms with Gasteiger partial charge in [-0.25, -0.2) is 13.1 Å². The van der Waals surface area contributed by atoms with E-state index in [9.17, 15) is 13.2 Å². The van der Waals surface area contributed by atoms with Gasteiger partial charge in [-0.05, 0) is 31.5 Å². The number of benzene rings is 1. The Labute approximate surface area is 108 Å². The zero-order chi connectivity index (χ0) is 13.8. The predicted molar refractivity (Wildman–Crippen MR) is 70.7 cm³/mol. The molecule has 6 heteroatoms. The molecule has 0 aliphatic rings. The summed E-state index contributed by atoms with van der Waals surface area (Å²) in [4.78, 5) is 11.3. The SMILES string of the molecule is CNC(=O)c1ccc(CNS(=O)(=O)C(C)C)cc1. The molecule has 0 fully saturated rings. The fourth-order valence-corrected chi connectivity index (χ4v) is 1.97. The van der Waals surface area contributed by atoms with E-state index in [1.54, 1.807) is 45.2 Å². The van der Waals surface area contributed by atoms with E-state index in [-0.39, 0.29) is 12.5 Å². The smallest absolute Gasteiger partial charge is 0.251 e. The molecule has 1 aromatic rings. The van der Waals surface area contributed by atoms with Crippen molar-refractivity contribution in [3.05, 3.63) is 35.4 Å². The van der Waals surface area contributed by atoms with Gasteiger partial charge >= 0.3 is 0 Å². The Hall–Kier alpha value is -1.40. The van der Waals surface area contributed by atoms with Crippen LogP contribution in [0.25, 0.3) is 0 Å². The van der Waals surface area contributed by atoms with E-state index >= 15 is 0 Å². The Balaban J connectivity index is 2.68. The highest BCUT2D eigenvalue weighted by molar-refractivity contribution is 7.90. The van der Waals surface area contributed by atoms with E-state index in [4.69, 9.17) is 0 Å². The molecule has 1 rings (SSSR count).